The van der Waals surface area contributed by atoms with Gasteiger partial charge >= 0.3 is 5.97 Å². The number of aromatic carboxylic acids is 1. The van der Waals surface area contributed by atoms with Crippen molar-refractivity contribution in [1.82, 2.24) is 25.2 Å². The third kappa shape index (κ3) is 4.44. The summed E-state index contributed by atoms with van der Waals surface area (Å²) in [4.78, 5) is 43.3. The monoisotopic (exact) mass is 432 g/mol. The SMILES string of the molecule is Cc1nc(Nc2nc(N3CCN(C)CC3)cc(N3CCNC(=O)C3)n2)sc1C(=O)O. The first kappa shape index (κ1) is 20.3. The second kappa shape index (κ2) is 8.40. The van der Waals surface area contributed by atoms with Gasteiger partial charge in [0.05, 0.1) is 12.2 Å². The van der Waals surface area contributed by atoms with E-state index in [0.717, 1.165) is 43.3 Å². The number of rotatable bonds is 5. The van der Waals surface area contributed by atoms with Crippen molar-refractivity contribution in [1.29, 1.82) is 0 Å². The normalized spacial score (nSPS) is 17.7. The van der Waals surface area contributed by atoms with Crippen molar-refractivity contribution in [2.24, 2.45) is 0 Å². The van der Waals surface area contributed by atoms with E-state index in [-0.39, 0.29) is 17.3 Å². The Hall–Kier alpha value is -2.99. The molecular weight excluding hydrogens is 408 g/mol. The minimum Gasteiger partial charge on any atom is -0.477 e. The van der Waals surface area contributed by atoms with Gasteiger partial charge in [0.25, 0.3) is 0 Å². The second-order valence-corrected chi connectivity index (χ2v) is 8.33. The standard InChI is InChI=1S/C18H24N8O3S/c1-11-15(16(28)29)30-18(20-11)23-17-21-12(25-7-5-24(2)6-8-25)9-13(22-17)26-4-3-19-14(27)10-26/h9H,3-8,10H2,1-2H3,(H,19,27)(H,28,29)(H,20,21,22,23). The molecule has 0 aromatic carbocycles. The van der Waals surface area contributed by atoms with Gasteiger partial charge in [-0.1, -0.05) is 11.3 Å². The van der Waals surface area contributed by atoms with Crippen molar-refractivity contribution in [2.45, 2.75) is 6.92 Å². The van der Waals surface area contributed by atoms with Gasteiger partial charge in [-0.2, -0.15) is 9.97 Å². The van der Waals surface area contributed by atoms with Crippen LogP contribution in [0.5, 0.6) is 0 Å². The number of carbonyl (C=O) groups is 2. The van der Waals surface area contributed by atoms with Crippen LogP contribution in [-0.2, 0) is 4.79 Å². The Morgan fingerprint density at radius 3 is 2.47 bits per heavy atom. The molecule has 12 heteroatoms. The lowest BCUT2D eigenvalue weighted by molar-refractivity contribution is -0.120. The van der Waals surface area contributed by atoms with E-state index in [9.17, 15) is 14.7 Å². The Bertz CT molecular complexity index is 957. The molecule has 2 aliphatic heterocycles. The van der Waals surface area contributed by atoms with Crippen molar-refractivity contribution in [3.05, 3.63) is 16.6 Å². The van der Waals surface area contributed by atoms with Gasteiger partial charge in [0, 0.05) is 45.3 Å². The molecule has 2 aromatic heterocycles. The Morgan fingerprint density at radius 2 is 1.83 bits per heavy atom. The first-order valence-electron chi connectivity index (χ1n) is 9.71. The molecule has 0 spiro atoms. The number of aromatic nitrogens is 3. The lowest BCUT2D eigenvalue weighted by Gasteiger charge is -2.34. The van der Waals surface area contributed by atoms with Crippen molar-refractivity contribution in [3.8, 4) is 0 Å². The number of anilines is 4. The highest BCUT2D eigenvalue weighted by atomic mass is 32.1. The first-order valence-corrected chi connectivity index (χ1v) is 10.5. The fourth-order valence-corrected chi connectivity index (χ4v) is 4.21. The lowest BCUT2D eigenvalue weighted by atomic mass is 10.3. The smallest absolute Gasteiger partial charge is 0.347 e. The van der Waals surface area contributed by atoms with Gasteiger partial charge in [-0.3, -0.25) is 10.1 Å². The maximum atomic E-state index is 11.9. The number of carboxylic acid groups (broad SMARTS) is 1. The molecule has 0 atom stereocenters. The van der Waals surface area contributed by atoms with Gasteiger partial charge in [-0.05, 0) is 14.0 Å². The molecular formula is C18H24N8O3S. The number of likely N-dealkylation sites (N-methyl/N-ethyl adjacent to an activating group) is 1. The van der Waals surface area contributed by atoms with Gasteiger partial charge in [-0.15, -0.1) is 0 Å². The molecule has 3 N–H and O–H groups in total. The van der Waals surface area contributed by atoms with Gasteiger partial charge in [0.1, 0.15) is 16.5 Å². The molecule has 30 heavy (non-hydrogen) atoms. The number of nitrogens with zero attached hydrogens (tertiary/aromatic N) is 6. The van der Waals surface area contributed by atoms with Crippen LogP contribution in [-0.4, -0.2) is 89.7 Å². The van der Waals surface area contributed by atoms with E-state index in [4.69, 9.17) is 0 Å². The zero-order chi connectivity index (χ0) is 21.3. The number of carboxylic acids is 1. The molecule has 0 radical (unpaired) electrons. The number of hydrogen-bond acceptors (Lipinski definition) is 10. The first-order chi connectivity index (χ1) is 14.4. The highest BCUT2D eigenvalue weighted by Crippen LogP contribution is 2.28. The van der Waals surface area contributed by atoms with Crippen LogP contribution in [0, 0.1) is 6.92 Å². The summed E-state index contributed by atoms with van der Waals surface area (Å²) in [7, 11) is 2.09. The zero-order valence-corrected chi connectivity index (χ0v) is 17.7. The van der Waals surface area contributed by atoms with Crippen LogP contribution in [0.2, 0.25) is 0 Å². The fraction of sp³-hybridized carbons (Fsp3) is 0.500. The Kier molecular flexibility index (Phi) is 5.68. The molecule has 4 rings (SSSR count). The van der Waals surface area contributed by atoms with Crippen LogP contribution in [0.1, 0.15) is 15.4 Å². The third-order valence-electron chi connectivity index (χ3n) is 5.10. The van der Waals surface area contributed by atoms with Crippen molar-refractivity contribution >= 4 is 45.9 Å². The van der Waals surface area contributed by atoms with Crippen molar-refractivity contribution < 1.29 is 14.7 Å². The molecule has 2 aliphatic rings. The molecule has 2 saturated heterocycles. The van der Waals surface area contributed by atoms with Crippen molar-refractivity contribution in [2.75, 3.05) is 68.0 Å². The van der Waals surface area contributed by atoms with Crippen LogP contribution >= 0.6 is 11.3 Å². The van der Waals surface area contributed by atoms with Gasteiger partial charge < -0.3 is 25.1 Å². The highest BCUT2D eigenvalue weighted by Gasteiger charge is 2.23. The highest BCUT2D eigenvalue weighted by molar-refractivity contribution is 7.17. The molecule has 2 fully saturated rings. The Balaban J connectivity index is 1.65. The van der Waals surface area contributed by atoms with Crippen LogP contribution in [0.15, 0.2) is 6.07 Å². The zero-order valence-electron chi connectivity index (χ0n) is 16.9. The van der Waals surface area contributed by atoms with E-state index in [1.807, 2.05) is 11.0 Å². The molecule has 2 aromatic rings. The van der Waals surface area contributed by atoms with E-state index in [2.05, 4.69) is 42.4 Å². The van der Waals surface area contributed by atoms with E-state index in [1.165, 1.54) is 0 Å². The summed E-state index contributed by atoms with van der Waals surface area (Å²) in [6.07, 6.45) is 0. The van der Waals surface area contributed by atoms with E-state index < -0.39 is 5.97 Å². The number of nitrogens with one attached hydrogen (secondary N) is 2. The average Bonchev–Trinajstić information content (AvgIpc) is 3.08. The van der Waals surface area contributed by atoms with Crippen LogP contribution in [0.25, 0.3) is 0 Å². The average molecular weight is 433 g/mol. The number of carbonyl (C=O) groups excluding carboxylic acids is 1. The van der Waals surface area contributed by atoms with Crippen LogP contribution in [0.3, 0.4) is 0 Å². The summed E-state index contributed by atoms with van der Waals surface area (Å²) >= 11 is 1.05. The molecule has 0 unspecified atom stereocenters. The van der Waals surface area contributed by atoms with Crippen LogP contribution in [0.4, 0.5) is 22.7 Å². The summed E-state index contributed by atoms with van der Waals surface area (Å²) in [5, 5.41) is 15.6. The summed E-state index contributed by atoms with van der Waals surface area (Å²) in [6.45, 7) is 6.65. The Labute approximate surface area is 177 Å². The second-order valence-electron chi connectivity index (χ2n) is 7.33. The molecule has 160 valence electrons. The summed E-state index contributed by atoms with van der Waals surface area (Å²) in [6, 6.07) is 1.91. The molecule has 11 nitrogen and oxygen atoms in total. The predicted octanol–water partition coefficient (Wildman–Crippen LogP) is 0.371. The number of amides is 1. The van der Waals surface area contributed by atoms with E-state index >= 15 is 0 Å². The van der Waals surface area contributed by atoms with E-state index in [0.29, 0.717) is 35.7 Å². The fourth-order valence-electron chi connectivity index (χ4n) is 3.42. The molecule has 0 aliphatic carbocycles. The number of aryl methyl sites for hydroxylation is 1. The topological polar surface area (TPSA) is 127 Å². The summed E-state index contributed by atoms with van der Waals surface area (Å²) < 4.78 is 0. The summed E-state index contributed by atoms with van der Waals surface area (Å²) in [5.74, 6) is 0.705. The number of hydrogen-bond donors (Lipinski definition) is 3. The minimum absolute atomic E-state index is 0.0443. The maximum absolute atomic E-state index is 11.9. The molecule has 1 amide bonds. The predicted molar refractivity (Wildman–Crippen MR) is 114 cm³/mol. The van der Waals surface area contributed by atoms with E-state index in [1.54, 1.807) is 6.92 Å². The quantitative estimate of drug-likeness (QED) is 0.610. The lowest BCUT2D eigenvalue weighted by Crippen LogP contribution is -2.48. The van der Waals surface area contributed by atoms with Gasteiger partial charge in [0.2, 0.25) is 11.9 Å². The summed E-state index contributed by atoms with van der Waals surface area (Å²) in [5.41, 5.74) is 0.443. The largest absolute Gasteiger partial charge is 0.477 e. The third-order valence-corrected chi connectivity index (χ3v) is 6.16. The van der Waals surface area contributed by atoms with Crippen LogP contribution < -0.4 is 20.4 Å². The Morgan fingerprint density at radius 1 is 1.13 bits per heavy atom. The minimum atomic E-state index is -1.01. The van der Waals surface area contributed by atoms with Crippen molar-refractivity contribution in [3.63, 3.8) is 0 Å². The number of thiazole rings is 1. The van der Waals surface area contributed by atoms with Gasteiger partial charge in [-0.25, -0.2) is 9.78 Å². The molecule has 0 bridgehead atoms. The van der Waals surface area contributed by atoms with Gasteiger partial charge in [0.15, 0.2) is 5.13 Å². The number of piperazine rings is 2. The molecule has 0 saturated carbocycles. The maximum Gasteiger partial charge on any atom is 0.347 e. The molecule has 4 heterocycles.